The first-order valence-electron chi connectivity index (χ1n) is 5.89. The number of aliphatic hydroxyl groups is 1. The molecule has 0 aliphatic heterocycles. The van der Waals surface area contributed by atoms with Crippen molar-refractivity contribution in [3.63, 3.8) is 0 Å². The van der Waals surface area contributed by atoms with Crippen LogP contribution in [-0.2, 0) is 5.60 Å². The van der Waals surface area contributed by atoms with E-state index in [1.165, 1.54) is 0 Å². The van der Waals surface area contributed by atoms with Crippen LogP contribution in [0.4, 0.5) is 0 Å². The van der Waals surface area contributed by atoms with E-state index in [0.29, 0.717) is 5.76 Å². The Hall–Kier alpha value is -1.06. The topological polar surface area (TPSA) is 33.4 Å². The van der Waals surface area contributed by atoms with Crippen molar-refractivity contribution in [2.75, 3.05) is 0 Å². The Morgan fingerprint density at radius 1 is 1.06 bits per heavy atom. The third kappa shape index (κ3) is 2.02. The van der Waals surface area contributed by atoms with Gasteiger partial charge in [-0.1, -0.05) is 51.1 Å². The lowest BCUT2D eigenvalue weighted by Crippen LogP contribution is -2.41. The van der Waals surface area contributed by atoms with Gasteiger partial charge in [0.1, 0.15) is 0 Å². The molecule has 0 saturated heterocycles. The Balaban J connectivity index is 2.67. The van der Waals surface area contributed by atoms with E-state index >= 15 is 0 Å². The fraction of sp³-hybridized carbons (Fsp3) is 0.333. The molecule has 1 atom stereocenters. The number of furan rings is 1. The first-order valence-corrected chi connectivity index (χ1v) is 6.68. The summed E-state index contributed by atoms with van der Waals surface area (Å²) in [7, 11) is 0. The maximum atomic E-state index is 11.2. The van der Waals surface area contributed by atoms with Gasteiger partial charge in [-0.3, -0.25) is 0 Å². The van der Waals surface area contributed by atoms with Crippen molar-refractivity contribution in [2.24, 2.45) is 5.41 Å². The lowest BCUT2D eigenvalue weighted by atomic mass is 9.71. The van der Waals surface area contributed by atoms with Crippen LogP contribution in [0.1, 0.15) is 32.1 Å². The zero-order valence-corrected chi connectivity index (χ0v) is 12.4. The number of rotatable bonds is 2. The predicted octanol–water partition coefficient (Wildman–Crippen LogP) is 4.32. The fourth-order valence-electron chi connectivity index (χ4n) is 2.14. The third-order valence-corrected chi connectivity index (χ3v) is 3.85. The Bertz CT molecular complexity index is 525. The van der Waals surface area contributed by atoms with Crippen molar-refractivity contribution in [3.8, 4) is 0 Å². The van der Waals surface area contributed by atoms with E-state index in [-0.39, 0.29) is 0 Å². The molecule has 0 amide bonds. The highest BCUT2D eigenvalue weighted by atomic mass is 79.9. The monoisotopic (exact) mass is 308 g/mol. The van der Waals surface area contributed by atoms with Crippen LogP contribution in [0.25, 0.3) is 0 Å². The van der Waals surface area contributed by atoms with Gasteiger partial charge >= 0.3 is 0 Å². The highest BCUT2D eigenvalue weighted by Crippen LogP contribution is 2.47. The van der Waals surface area contributed by atoms with Gasteiger partial charge in [0.05, 0.1) is 10.7 Å². The van der Waals surface area contributed by atoms with E-state index in [1.807, 2.05) is 51.1 Å². The summed E-state index contributed by atoms with van der Waals surface area (Å²) in [6.45, 7) is 5.98. The van der Waals surface area contributed by atoms with Gasteiger partial charge in [-0.05, 0) is 27.6 Å². The van der Waals surface area contributed by atoms with Gasteiger partial charge in [-0.2, -0.15) is 0 Å². The third-order valence-electron chi connectivity index (χ3n) is 3.22. The van der Waals surface area contributed by atoms with Crippen LogP contribution in [0.5, 0.6) is 0 Å². The Kier molecular flexibility index (Phi) is 3.39. The van der Waals surface area contributed by atoms with Crippen molar-refractivity contribution in [1.82, 2.24) is 0 Å². The molecule has 1 unspecified atom stereocenters. The molecule has 1 N–H and O–H groups in total. The van der Waals surface area contributed by atoms with Crippen LogP contribution in [0.15, 0.2) is 51.6 Å². The summed E-state index contributed by atoms with van der Waals surface area (Å²) >= 11 is 3.44. The van der Waals surface area contributed by atoms with Gasteiger partial charge in [-0.15, -0.1) is 0 Å². The molecule has 1 aromatic heterocycles. The van der Waals surface area contributed by atoms with E-state index in [2.05, 4.69) is 15.9 Å². The van der Waals surface area contributed by atoms with Gasteiger partial charge < -0.3 is 9.52 Å². The first-order chi connectivity index (χ1) is 8.37. The molecule has 1 aromatic carbocycles. The van der Waals surface area contributed by atoms with Crippen molar-refractivity contribution in [3.05, 3.63) is 58.5 Å². The summed E-state index contributed by atoms with van der Waals surface area (Å²) < 4.78 is 6.29. The Morgan fingerprint density at radius 3 is 2.11 bits per heavy atom. The zero-order valence-electron chi connectivity index (χ0n) is 10.8. The molecule has 0 bridgehead atoms. The van der Waals surface area contributed by atoms with Gasteiger partial charge in [0.25, 0.3) is 0 Å². The molecular weight excluding hydrogens is 292 g/mol. The predicted molar refractivity (Wildman–Crippen MR) is 75.3 cm³/mol. The molecule has 2 rings (SSSR count). The lowest BCUT2D eigenvalue weighted by molar-refractivity contribution is -0.0438. The minimum atomic E-state index is -1.17. The lowest BCUT2D eigenvalue weighted by Gasteiger charge is -2.39. The zero-order chi connectivity index (χ0) is 13.4. The quantitative estimate of drug-likeness (QED) is 0.896. The molecule has 3 heteroatoms. The summed E-state index contributed by atoms with van der Waals surface area (Å²) in [5.74, 6) is 0.543. The largest absolute Gasteiger partial charge is 0.465 e. The second-order valence-electron chi connectivity index (χ2n) is 5.42. The van der Waals surface area contributed by atoms with Gasteiger partial charge in [0.2, 0.25) is 0 Å². The van der Waals surface area contributed by atoms with E-state index < -0.39 is 11.0 Å². The number of hydrogen-bond donors (Lipinski definition) is 1. The van der Waals surface area contributed by atoms with Crippen molar-refractivity contribution in [2.45, 2.75) is 26.4 Å². The molecule has 96 valence electrons. The van der Waals surface area contributed by atoms with E-state index in [4.69, 9.17) is 4.42 Å². The number of halogens is 1. The minimum absolute atomic E-state index is 0.394. The molecule has 2 aromatic rings. The SMILES string of the molecule is CC(C)(C)C(O)(c1ccccc1)c1occc1Br. The van der Waals surface area contributed by atoms with Crippen LogP contribution in [0, 0.1) is 5.41 Å². The average Bonchev–Trinajstić information content (AvgIpc) is 2.74. The van der Waals surface area contributed by atoms with Crippen LogP contribution >= 0.6 is 15.9 Å². The molecule has 18 heavy (non-hydrogen) atoms. The molecule has 0 fully saturated rings. The highest BCUT2D eigenvalue weighted by Gasteiger charge is 2.46. The van der Waals surface area contributed by atoms with Crippen molar-refractivity contribution >= 4 is 15.9 Å². The van der Waals surface area contributed by atoms with Crippen LogP contribution in [-0.4, -0.2) is 5.11 Å². The summed E-state index contributed by atoms with van der Waals surface area (Å²) in [5.41, 5.74) is -0.737. The molecule has 0 saturated carbocycles. The van der Waals surface area contributed by atoms with Gasteiger partial charge in [-0.25, -0.2) is 0 Å². The van der Waals surface area contributed by atoms with Crippen molar-refractivity contribution < 1.29 is 9.52 Å². The maximum Gasteiger partial charge on any atom is 0.154 e. The molecule has 2 nitrogen and oxygen atoms in total. The van der Waals surface area contributed by atoms with Gasteiger partial charge in [0.15, 0.2) is 11.4 Å². The normalized spacial score (nSPS) is 15.4. The fourth-order valence-corrected chi connectivity index (χ4v) is 2.62. The van der Waals surface area contributed by atoms with Gasteiger partial charge in [0, 0.05) is 5.41 Å². The molecule has 0 spiro atoms. The summed E-state index contributed by atoms with van der Waals surface area (Å²) in [6.07, 6.45) is 1.58. The van der Waals surface area contributed by atoms with Crippen LogP contribution < -0.4 is 0 Å². The van der Waals surface area contributed by atoms with E-state index in [1.54, 1.807) is 12.3 Å². The van der Waals surface area contributed by atoms with E-state index in [9.17, 15) is 5.11 Å². The molecule has 1 heterocycles. The number of benzene rings is 1. The minimum Gasteiger partial charge on any atom is -0.465 e. The molecule has 0 aliphatic rings. The summed E-state index contributed by atoms with van der Waals surface area (Å²) in [6, 6.07) is 11.4. The van der Waals surface area contributed by atoms with Crippen LogP contribution in [0.3, 0.4) is 0 Å². The second-order valence-corrected chi connectivity index (χ2v) is 6.28. The first kappa shape index (κ1) is 13.4. The molecule has 0 aliphatic carbocycles. The smallest absolute Gasteiger partial charge is 0.154 e. The maximum absolute atomic E-state index is 11.2. The molecular formula is C15H17BrO2. The average molecular weight is 309 g/mol. The summed E-state index contributed by atoms with van der Waals surface area (Å²) in [5, 5.41) is 11.2. The van der Waals surface area contributed by atoms with E-state index in [0.717, 1.165) is 10.0 Å². The Morgan fingerprint density at radius 2 is 1.67 bits per heavy atom. The van der Waals surface area contributed by atoms with Crippen molar-refractivity contribution in [1.29, 1.82) is 0 Å². The highest BCUT2D eigenvalue weighted by molar-refractivity contribution is 9.10. The Labute approximate surface area is 116 Å². The standard InChI is InChI=1S/C15H17BrO2/c1-14(2,3)15(17,11-7-5-4-6-8-11)13-12(16)9-10-18-13/h4-10,17H,1-3H3. The number of hydrogen-bond acceptors (Lipinski definition) is 2. The second kappa shape index (κ2) is 4.56. The molecule has 0 radical (unpaired) electrons. The van der Waals surface area contributed by atoms with Crippen LogP contribution in [0.2, 0.25) is 0 Å². The summed E-state index contributed by atoms with van der Waals surface area (Å²) in [4.78, 5) is 0.